The fourth-order valence-electron chi connectivity index (χ4n) is 1.47. The zero-order valence-corrected chi connectivity index (χ0v) is 8.98. The fraction of sp³-hybridized carbons (Fsp3) is 0.636. The van der Waals surface area contributed by atoms with E-state index in [9.17, 15) is 0 Å². The van der Waals surface area contributed by atoms with Gasteiger partial charge >= 0.3 is 0 Å². The van der Waals surface area contributed by atoms with Crippen molar-refractivity contribution < 1.29 is 0 Å². The van der Waals surface area contributed by atoms with Gasteiger partial charge in [0, 0.05) is 24.1 Å². The van der Waals surface area contributed by atoms with Gasteiger partial charge in [-0.25, -0.2) is 0 Å². The van der Waals surface area contributed by atoms with Gasteiger partial charge in [0.25, 0.3) is 0 Å². The highest BCUT2D eigenvalue weighted by Crippen LogP contribution is 2.09. The maximum absolute atomic E-state index is 3.70. The van der Waals surface area contributed by atoms with E-state index in [2.05, 4.69) is 24.0 Å². The highest BCUT2D eigenvalue weighted by atomic mass is 32.2. The Bertz CT molecular complexity index is 165. The quantitative estimate of drug-likeness (QED) is 0.519. The van der Waals surface area contributed by atoms with Crippen LogP contribution < -0.4 is 5.32 Å². The Kier molecular flexibility index (Phi) is 6.03. The first-order valence-corrected chi connectivity index (χ1v) is 6.17. The van der Waals surface area contributed by atoms with E-state index in [1.807, 2.05) is 17.8 Å². The van der Waals surface area contributed by atoms with Gasteiger partial charge < -0.3 is 5.32 Å². The molecule has 0 aliphatic heterocycles. The molecule has 1 aliphatic carbocycles. The molecule has 1 atom stereocenters. The van der Waals surface area contributed by atoms with Crippen molar-refractivity contribution in [3.63, 3.8) is 0 Å². The van der Waals surface area contributed by atoms with Gasteiger partial charge in [-0.1, -0.05) is 18.2 Å². The smallest absolute Gasteiger partial charge is 0.0250 e. The molecule has 1 rings (SSSR count). The Hall–Kier alpha value is -0.210. The maximum Gasteiger partial charge on any atom is 0.0250 e. The summed E-state index contributed by atoms with van der Waals surface area (Å²) in [7, 11) is 0. The van der Waals surface area contributed by atoms with Crippen molar-refractivity contribution in [2.24, 2.45) is 0 Å². The molecule has 1 N–H and O–H groups in total. The molecule has 0 heterocycles. The third-order valence-electron chi connectivity index (χ3n) is 2.14. The predicted molar refractivity (Wildman–Crippen MR) is 62.3 cm³/mol. The number of hydrogen-bond acceptors (Lipinski definition) is 2. The normalized spacial score (nSPS) is 21.7. The second-order valence-corrected chi connectivity index (χ2v) is 4.43. The van der Waals surface area contributed by atoms with Gasteiger partial charge in [-0.05, 0) is 19.3 Å². The molecule has 0 radical (unpaired) electrons. The van der Waals surface area contributed by atoms with Crippen LogP contribution in [0.25, 0.3) is 0 Å². The zero-order chi connectivity index (χ0) is 9.36. The van der Waals surface area contributed by atoms with Crippen LogP contribution >= 0.6 is 11.8 Å². The van der Waals surface area contributed by atoms with Crippen LogP contribution in [0.15, 0.2) is 24.8 Å². The average Bonchev–Trinajstić information content (AvgIpc) is 2.19. The molecule has 74 valence electrons. The third-order valence-corrected chi connectivity index (χ3v) is 3.11. The molecule has 0 aromatic heterocycles. The Balaban J connectivity index is 1.95. The highest BCUT2D eigenvalue weighted by molar-refractivity contribution is 7.99. The first-order valence-electron chi connectivity index (χ1n) is 5.02. The van der Waals surface area contributed by atoms with Crippen molar-refractivity contribution >= 4 is 11.8 Å². The Morgan fingerprint density at radius 2 is 2.54 bits per heavy atom. The first-order chi connectivity index (χ1) is 6.43. The molecule has 0 spiro atoms. The topological polar surface area (TPSA) is 12.0 Å². The van der Waals surface area contributed by atoms with Crippen molar-refractivity contribution in [1.82, 2.24) is 5.32 Å². The summed E-state index contributed by atoms with van der Waals surface area (Å²) in [6.45, 7) is 4.81. The summed E-state index contributed by atoms with van der Waals surface area (Å²) in [6.07, 6.45) is 10.5. The van der Waals surface area contributed by atoms with Crippen LogP contribution in [0.2, 0.25) is 0 Å². The van der Waals surface area contributed by atoms with E-state index in [0.29, 0.717) is 6.04 Å². The van der Waals surface area contributed by atoms with E-state index >= 15 is 0 Å². The second kappa shape index (κ2) is 7.22. The van der Waals surface area contributed by atoms with Gasteiger partial charge in [0.1, 0.15) is 0 Å². The molecule has 0 saturated heterocycles. The molecule has 1 aliphatic rings. The number of rotatable bonds is 6. The molecule has 0 bridgehead atoms. The summed E-state index contributed by atoms with van der Waals surface area (Å²) in [5.41, 5.74) is 0. The van der Waals surface area contributed by atoms with E-state index in [1.165, 1.54) is 25.0 Å². The standard InChI is InChI=1S/C11H19NS/c1-2-9-13-10-8-12-11-6-4-3-5-7-11/h2,4,6,11-12H,1,3,5,7-10H2. The number of allylic oxidation sites excluding steroid dienone is 1. The lowest BCUT2D eigenvalue weighted by atomic mass is 10.0. The van der Waals surface area contributed by atoms with Gasteiger partial charge in [-0.2, -0.15) is 11.8 Å². The zero-order valence-electron chi connectivity index (χ0n) is 8.17. The van der Waals surface area contributed by atoms with Gasteiger partial charge in [0.15, 0.2) is 0 Å². The molecule has 2 heteroatoms. The third kappa shape index (κ3) is 5.17. The lowest BCUT2D eigenvalue weighted by Crippen LogP contribution is -2.30. The van der Waals surface area contributed by atoms with Crippen molar-refractivity contribution in [3.8, 4) is 0 Å². The molecule has 1 unspecified atom stereocenters. The van der Waals surface area contributed by atoms with E-state index < -0.39 is 0 Å². The Morgan fingerprint density at radius 3 is 3.23 bits per heavy atom. The largest absolute Gasteiger partial charge is 0.310 e. The van der Waals surface area contributed by atoms with Crippen LogP contribution in [0.3, 0.4) is 0 Å². The van der Waals surface area contributed by atoms with Crippen molar-refractivity contribution in [2.45, 2.75) is 25.3 Å². The predicted octanol–water partition coefficient (Wildman–Crippen LogP) is 2.60. The molecular formula is C11H19NS. The first kappa shape index (κ1) is 10.9. The monoisotopic (exact) mass is 197 g/mol. The van der Waals surface area contributed by atoms with Gasteiger partial charge in [0.05, 0.1) is 0 Å². The summed E-state index contributed by atoms with van der Waals surface area (Å²) in [5, 5.41) is 3.54. The van der Waals surface area contributed by atoms with Crippen LogP contribution in [0.1, 0.15) is 19.3 Å². The maximum atomic E-state index is 3.70. The van der Waals surface area contributed by atoms with Crippen LogP contribution in [-0.4, -0.2) is 24.1 Å². The van der Waals surface area contributed by atoms with Crippen LogP contribution in [0, 0.1) is 0 Å². The van der Waals surface area contributed by atoms with Crippen molar-refractivity contribution in [3.05, 3.63) is 24.8 Å². The van der Waals surface area contributed by atoms with Gasteiger partial charge in [0.2, 0.25) is 0 Å². The summed E-state index contributed by atoms with van der Waals surface area (Å²) in [4.78, 5) is 0. The summed E-state index contributed by atoms with van der Waals surface area (Å²) >= 11 is 1.94. The highest BCUT2D eigenvalue weighted by Gasteiger charge is 2.05. The minimum atomic E-state index is 0.637. The van der Waals surface area contributed by atoms with Gasteiger partial charge in [-0.15, -0.1) is 6.58 Å². The van der Waals surface area contributed by atoms with Gasteiger partial charge in [-0.3, -0.25) is 0 Å². The Morgan fingerprint density at radius 1 is 1.62 bits per heavy atom. The summed E-state index contributed by atoms with van der Waals surface area (Å²) in [6, 6.07) is 0.637. The molecule has 13 heavy (non-hydrogen) atoms. The van der Waals surface area contributed by atoms with Crippen LogP contribution in [-0.2, 0) is 0 Å². The summed E-state index contributed by atoms with van der Waals surface area (Å²) in [5.74, 6) is 2.26. The molecular weight excluding hydrogens is 178 g/mol. The lowest BCUT2D eigenvalue weighted by molar-refractivity contribution is 0.539. The minimum absolute atomic E-state index is 0.637. The van der Waals surface area contributed by atoms with E-state index in [0.717, 1.165) is 12.3 Å². The number of thioether (sulfide) groups is 1. The fourth-order valence-corrected chi connectivity index (χ4v) is 2.06. The van der Waals surface area contributed by atoms with E-state index in [-0.39, 0.29) is 0 Å². The molecule has 0 saturated carbocycles. The number of nitrogens with one attached hydrogen (secondary N) is 1. The van der Waals surface area contributed by atoms with Crippen LogP contribution in [0.5, 0.6) is 0 Å². The van der Waals surface area contributed by atoms with Crippen molar-refractivity contribution in [1.29, 1.82) is 0 Å². The molecule has 0 fully saturated rings. The van der Waals surface area contributed by atoms with E-state index in [4.69, 9.17) is 0 Å². The van der Waals surface area contributed by atoms with Crippen LogP contribution in [0.4, 0.5) is 0 Å². The van der Waals surface area contributed by atoms with Crippen molar-refractivity contribution in [2.75, 3.05) is 18.1 Å². The van der Waals surface area contributed by atoms with E-state index in [1.54, 1.807) is 0 Å². The molecule has 0 aromatic carbocycles. The summed E-state index contributed by atoms with van der Waals surface area (Å²) < 4.78 is 0. The lowest BCUT2D eigenvalue weighted by Gasteiger charge is -2.17. The SMILES string of the molecule is C=CCSCCNC1C=CCCC1. The average molecular weight is 197 g/mol. The second-order valence-electron chi connectivity index (χ2n) is 3.28. The molecule has 0 amide bonds. The molecule has 1 nitrogen and oxygen atoms in total. The molecule has 0 aromatic rings. The minimum Gasteiger partial charge on any atom is -0.310 e. The Labute approximate surface area is 85.7 Å². The number of hydrogen-bond donors (Lipinski definition) is 1.